The van der Waals surface area contributed by atoms with E-state index in [1.54, 1.807) is 19.2 Å². The Bertz CT molecular complexity index is 499. The van der Waals surface area contributed by atoms with E-state index >= 15 is 0 Å². The minimum Gasteiger partial charge on any atom is -0.493 e. The van der Waals surface area contributed by atoms with Crippen molar-refractivity contribution in [2.24, 2.45) is 5.92 Å². The van der Waals surface area contributed by atoms with Gasteiger partial charge in [0, 0.05) is 6.54 Å². The SMILES string of the molecule is COc1ccc(NC(=O)C2CCCNC2)c(OC)c1OC. The van der Waals surface area contributed by atoms with Crippen molar-refractivity contribution in [2.75, 3.05) is 39.7 Å². The van der Waals surface area contributed by atoms with E-state index in [0.717, 1.165) is 19.4 Å². The Balaban J connectivity index is 2.20. The van der Waals surface area contributed by atoms with Crippen molar-refractivity contribution >= 4 is 11.6 Å². The highest BCUT2D eigenvalue weighted by molar-refractivity contribution is 5.95. The normalized spacial score (nSPS) is 18.0. The molecule has 0 aromatic heterocycles. The molecule has 1 aliphatic heterocycles. The summed E-state index contributed by atoms with van der Waals surface area (Å²) in [4.78, 5) is 12.3. The minimum absolute atomic E-state index is 0.00674. The molecule has 0 spiro atoms. The van der Waals surface area contributed by atoms with Gasteiger partial charge < -0.3 is 24.8 Å². The van der Waals surface area contributed by atoms with Crippen LogP contribution in [-0.4, -0.2) is 40.3 Å². The predicted molar refractivity (Wildman–Crippen MR) is 80.3 cm³/mol. The zero-order valence-corrected chi connectivity index (χ0v) is 12.7. The monoisotopic (exact) mass is 294 g/mol. The number of piperidine rings is 1. The van der Waals surface area contributed by atoms with Crippen molar-refractivity contribution in [2.45, 2.75) is 12.8 Å². The van der Waals surface area contributed by atoms with Gasteiger partial charge in [-0.1, -0.05) is 0 Å². The van der Waals surface area contributed by atoms with E-state index in [1.807, 2.05) is 0 Å². The summed E-state index contributed by atoms with van der Waals surface area (Å²) in [5.41, 5.74) is 0.589. The van der Waals surface area contributed by atoms with Crippen molar-refractivity contribution in [3.63, 3.8) is 0 Å². The number of carbonyl (C=O) groups is 1. The third kappa shape index (κ3) is 3.39. The summed E-state index contributed by atoms with van der Waals surface area (Å²) in [5.74, 6) is 1.48. The van der Waals surface area contributed by atoms with Crippen LogP contribution in [0.25, 0.3) is 0 Å². The van der Waals surface area contributed by atoms with Crippen LogP contribution in [0, 0.1) is 5.92 Å². The van der Waals surface area contributed by atoms with Crippen molar-refractivity contribution in [3.8, 4) is 17.2 Å². The molecule has 1 fully saturated rings. The summed E-state index contributed by atoms with van der Waals surface area (Å²) in [5, 5.41) is 6.15. The summed E-state index contributed by atoms with van der Waals surface area (Å²) in [6.45, 7) is 1.69. The molecule has 0 aliphatic carbocycles. The highest BCUT2D eigenvalue weighted by atomic mass is 16.5. The van der Waals surface area contributed by atoms with Crippen LogP contribution in [0.3, 0.4) is 0 Å². The molecule has 0 saturated carbocycles. The Hall–Kier alpha value is -1.95. The van der Waals surface area contributed by atoms with Gasteiger partial charge in [0.1, 0.15) is 0 Å². The summed E-state index contributed by atoms with van der Waals surface area (Å²) >= 11 is 0. The molecule has 1 amide bonds. The maximum absolute atomic E-state index is 12.3. The molecule has 1 aromatic rings. The molecule has 21 heavy (non-hydrogen) atoms. The fourth-order valence-electron chi connectivity index (χ4n) is 2.51. The van der Waals surface area contributed by atoms with Crippen molar-refractivity contribution in [3.05, 3.63) is 12.1 Å². The maximum Gasteiger partial charge on any atom is 0.228 e. The lowest BCUT2D eigenvalue weighted by atomic mass is 9.99. The number of ether oxygens (including phenoxy) is 3. The largest absolute Gasteiger partial charge is 0.493 e. The molecule has 6 nitrogen and oxygen atoms in total. The molecule has 1 unspecified atom stereocenters. The van der Waals surface area contributed by atoms with Gasteiger partial charge in [0.15, 0.2) is 11.5 Å². The first kappa shape index (κ1) is 15.4. The minimum atomic E-state index is -0.0171. The molecule has 1 aromatic carbocycles. The van der Waals surface area contributed by atoms with E-state index in [-0.39, 0.29) is 11.8 Å². The van der Waals surface area contributed by atoms with Crippen molar-refractivity contribution < 1.29 is 19.0 Å². The van der Waals surface area contributed by atoms with Crippen molar-refractivity contribution in [1.29, 1.82) is 0 Å². The first-order chi connectivity index (χ1) is 10.2. The molecule has 1 atom stereocenters. The fraction of sp³-hybridized carbons (Fsp3) is 0.533. The third-order valence-corrected chi connectivity index (χ3v) is 3.63. The molecule has 116 valence electrons. The standard InChI is InChI=1S/C15H22N2O4/c1-19-12-7-6-11(13(20-2)14(12)21-3)17-15(18)10-5-4-8-16-9-10/h6-7,10,16H,4-5,8-9H2,1-3H3,(H,17,18). The van der Waals surface area contributed by atoms with Crippen LogP contribution in [0.1, 0.15) is 12.8 Å². The molecule has 2 rings (SSSR count). The molecule has 0 radical (unpaired) electrons. The van der Waals surface area contributed by atoms with E-state index in [0.29, 0.717) is 29.5 Å². The number of hydrogen-bond donors (Lipinski definition) is 2. The zero-order chi connectivity index (χ0) is 15.2. The molecule has 1 saturated heterocycles. The van der Waals surface area contributed by atoms with Crippen LogP contribution >= 0.6 is 0 Å². The summed E-state index contributed by atoms with van der Waals surface area (Å²) in [6.07, 6.45) is 1.91. The highest BCUT2D eigenvalue weighted by Gasteiger charge is 2.23. The smallest absolute Gasteiger partial charge is 0.228 e. The number of benzene rings is 1. The molecular weight excluding hydrogens is 272 g/mol. The van der Waals surface area contributed by atoms with Crippen LogP contribution in [0.4, 0.5) is 5.69 Å². The number of nitrogens with one attached hydrogen (secondary N) is 2. The second kappa shape index (κ2) is 7.17. The van der Waals surface area contributed by atoms with Gasteiger partial charge >= 0.3 is 0 Å². The van der Waals surface area contributed by atoms with Crippen LogP contribution in [-0.2, 0) is 4.79 Å². The van der Waals surface area contributed by atoms with Gasteiger partial charge in [-0.25, -0.2) is 0 Å². The number of anilines is 1. The number of hydrogen-bond acceptors (Lipinski definition) is 5. The molecule has 2 N–H and O–H groups in total. The first-order valence-electron chi connectivity index (χ1n) is 7.01. The van der Waals surface area contributed by atoms with Gasteiger partial charge in [-0.2, -0.15) is 0 Å². The Kier molecular flexibility index (Phi) is 5.27. The molecule has 1 aliphatic rings. The van der Waals surface area contributed by atoms with E-state index in [4.69, 9.17) is 14.2 Å². The second-order valence-electron chi connectivity index (χ2n) is 4.91. The summed E-state index contributed by atoms with van der Waals surface area (Å²) < 4.78 is 15.9. The number of rotatable bonds is 5. The second-order valence-corrected chi connectivity index (χ2v) is 4.91. The Labute approximate surface area is 124 Å². The number of methoxy groups -OCH3 is 3. The van der Waals surface area contributed by atoms with Crippen LogP contribution < -0.4 is 24.8 Å². The van der Waals surface area contributed by atoms with Gasteiger partial charge in [0.25, 0.3) is 0 Å². The third-order valence-electron chi connectivity index (χ3n) is 3.63. The van der Waals surface area contributed by atoms with Gasteiger partial charge in [-0.05, 0) is 31.5 Å². The van der Waals surface area contributed by atoms with E-state index < -0.39 is 0 Å². The summed E-state index contributed by atoms with van der Waals surface area (Å²) in [6, 6.07) is 3.50. The fourth-order valence-corrected chi connectivity index (χ4v) is 2.51. The van der Waals surface area contributed by atoms with E-state index in [2.05, 4.69) is 10.6 Å². The van der Waals surface area contributed by atoms with Gasteiger partial charge in [-0.3, -0.25) is 4.79 Å². The zero-order valence-electron chi connectivity index (χ0n) is 12.7. The van der Waals surface area contributed by atoms with Crippen molar-refractivity contribution in [1.82, 2.24) is 5.32 Å². The van der Waals surface area contributed by atoms with E-state index in [1.165, 1.54) is 14.2 Å². The quantitative estimate of drug-likeness (QED) is 0.864. The average Bonchev–Trinajstić information content (AvgIpc) is 2.54. The van der Waals surface area contributed by atoms with Crippen LogP contribution in [0.2, 0.25) is 0 Å². The van der Waals surface area contributed by atoms with Crippen LogP contribution in [0.5, 0.6) is 17.2 Å². The first-order valence-corrected chi connectivity index (χ1v) is 7.01. The number of carbonyl (C=O) groups excluding carboxylic acids is 1. The Morgan fingerprint density at radius 3 is 2.52 bits per heavy atom. The highest BCUT2D eigenvalue weighted by Crippen LogP contribution is 2.42. The molecule has 1 heterocycles. The molecule has 0 bridgehead atoms. The Morgan fingerprint density at radius 1 is 1.19 bits per heavy atom. The average molecular weight is 294 g/mol. The molecule has 6 heteroatoms. The Morgan fingerprint density at radius 2 is 1.95 bits per heavy atom. The van der Waals surface area contributed by atoms with E-state index in [9.17, 15) is 4.79 Å². The number of amides is 1. The topological polar surface area (TPSA) is 68.8 Å². The summed E-state index contributed by atoms with van der Waals surface area (Å²) in [7, 11) is 4.63. The maximum atomic E-state index is 12.3. The molecular formula is C15H22N2O4. The van der Waals surface area contributed by atoms with Gasteiger partial charge in [-0.15, -0.1) is 0 Å². The lowest BCUT2D eigenvalue weighted by Crippen LogP contribution is -2.37. The van der Waals surface area contributed by atoms with Gasteiger partial charge in [0.05, 0.1) is 32.9 Å². The lowest BCUT2D eigenvalue weighted by molar-refractivity contribution is -0.120. The van der Waals surface area contributed by atoms with Crippen LogP contribution in [0.15, 0.2) is 12.1 Å². The van der Waals surface area contributed by atoms with Gasteiger partial charge in [0.2, 0.25) is 11.7 Å². The predicted octanol–water partition coefficient (Wildman–Crippen LogP) is 1.65. The lowest BCUT2D eigenvalue weighted by Gasteiger charge is -2.23.